The average molecular weight is 556 g/mol. The number of ketones is 2. The minimum absolute atomic E-state index is 0.103. The van der Waals surface area contributed by atoms with Gasteiger partial charge in [-0.1, -0.05) is 88.0 Å². The molecule has 0 saturated carbocycles. The number of rotatable bonds is 4. The minimum Gasteiger partial charge on any atom is -0.293 e. The first-order valence-corrected chi connectivity index (χ1v) is 10.00. The highest BCUT2D eigenvalue weighted by Crippen LogP contribution is 2.13. The Morgan fingerprint density at radius 1 is 0.727 bits per heavy atom. The van der Waals surface area contributed by atoms with Gasteiger partial charge in [-0.05, 0) is 24.3 Å². The molecule has 0 bridgehead atoms. The van der Waals surface area contributed by atoms with Crippen molar-refractivity contribution >= 4 is 75.3 Å². The van der Waals surface area contributed by atoms with Gasteiger partial charge in [-0.25, -0.2) is 0 Å². The van der Waals surface area contributed by atoms with Gasteiger partial charge in [0.05, 0.1) is 10.7 Å². The summed E-state index contributed by atoms with van der Waals surface area (Å²) in [6, 6.07) is 14.7. The second-order valence-electron chi connectivity index (χ2n) is 4.13. The topological polar surface area (TPSA) is 34.1 Å². The van der Waals surface area contributed by atoms with Gasteiger partial charge in [0.1, 0.15) is 0 Å². The standard InChI is InChI=1S/2C8H6Br2O/c2*9-5-8(11)6-2-1-3-7(10)4-6/h2*1-4H,5H2. The predicted molar refractivity (Wildman–Crippen MR) is 105 cm³/mol. The molecule has 0 fully saturated rings. The van der Waals surface area contributed by atoms with Gasteiger partial charge in [0.15, 0.2) is 11.6 Å². The zero-order valence-electron chi connectivity index (χ0n) is 11.4. The van der Waals surface area contributed by atoms with Gasteiger partial charge in [0.2, 0.25) is 0 Å². The maximum absolute atomic E-state index is 11.1. The molecule has 2 aromatic rings. The Labute approximate surface area is 163 Å². The van der Waals surface area contributed by atoms with E-state index in [4.69, 9.17) is 0 Å². The van der Waals surface area contributed by atoms with Crippen LogP contribution < -0.4 is 0 Å². The molecule has 2 rings (SSSR count). The number of carbonyl (C=O) groups is 2. The number of halogens is 4. The van der Waals surface area contributed by atoms with Gasteiger partial charge in [-0.2, -0.15) is 0 Å². The number of benzene rings is 2. The molecule has 6 heteroatoms. The minimum atomic E-state index is 0.103. The van der Waals surface area contributed by atoms with Gasteiger partial charge in [-0.3, -0.25) is 9.59 Å². The van der Waals surface area contributed by atoms with E-state index in [2.05, 4.69) is 63.7 Å². The van der Waals surface area contributed by atoms with E-state index < -0.39 is 0 Å². The summed E-state index contributed by atoms with van der Waals surface area (Å²) in [5, 5.41) is 0.757. The van der Waals surface area contributed by atoms with Crippen LogP contribution in [0.5, 0.6) is 0 Å². The van der Waals surface area contributed by atoms with Gasteiger partial charge in [0.25, 0.3) is 0 Å². The van der Waals surface area contributed by atoms with Crippen molar-refractivity contribution in [3.8, 4) is 0 Å². The first-order chi connectivity index (χ1) is 10.5. The lowest BCUT2D eigenvalue weighted by Gasteiger charge is -1.95. The van der Waals surface area contributed by atoms with E-state index in [1.165, 1.54) is 0 Å². The molecule has 2 aromatic carbocycles. The molecule has 0 spiro atoms. The summed E-state index contributed by atoms with van der Waals surface area (Å²) in [5.41, 5.74) is 1.47. The molecular formula is C16H12Br4O2. The van der Waals surface area contributed by atoms with Gasteiger partial charge in [0, 0.05) is 20.1 Å². The van der Waals surface area contributed by atoms with Crippen molar-refractivity contribution in [3.05, 3.63) is 68.6 Å². The highest BCUT2D eigenvalue weighted by molar-refractivity contribution is 9.11. The lowest BCUT2D eigenvalue weighted by atomic mass is 10.2. The highest BCUT2D eigenvalue weighted by atomic mass is 79.9. The number of Topliss-reactive ketones (excluding diaryl/α,β-unsaturated/α-hetero) is 2. The zero-order chi connectivity index (χ0) is 16.5. The third kappa shape index (κ3) is 6.86. The van der Waals surface area contributed by atoms with E-state index in [0.717, 1.165) is 20.1 Å². The van der Waals surface area contributed by atoms with Crippen LogP contribution in [0.3, 0.4) is 0 Å². The van der Waals surface area contributed by atoms with E-state index >= 15 is 0 Å². The summed E-state index contributed by atoms with van der Waals surface area (Å²) >= 11 is 12.8. The Kier molecular flexibility index (Phi) is 9.40. The summed E-state index contributed by atoms with van der Waals surface area (Å²) < 4.78 is 1.87. The molecule has 0 unspecified atom stereocenters. The van der Waals surface area contributed by atoms with Crippen LogP contribution >= 0.6 is 63.7 Å². The van der Waals surface area contributed by atoms with Crippen molar-refractivity contribution in [2.24, 2.45) is 0 Å². The summed E-state index contributed by atoms with van der Waals surface area (Å²) in [6.07, 6.45) is 0. The van der Waals surface area contributed by atoms with Crippen LogP contribution in [0.25, 0.3) is 0 Å². The van der Waals surface area contributed by atoms with Crippen LogP contribution in [-0.4, -0.2) is 22.2 Å². The second-order valence-corrected chi connectivity index (χ2v) is 7.09. The Balaban J connectivity index is 0.000000220. The van der Waals surface area contributed by atoms with E-state index in [9.17, 15) is 9.59 Å². The maximum atomic E-state index is 11.1. The van der Waals surface area contributed by atoms with Crippen LogP contribution in [0, 0.1) is 0 Å². The van der Waals surface area contributed by atoms with Gasteiger partial charge < -0.3 is 0 Å². The Morgan fingerprint density at radius 2 is 1.09 bits per heavy atom. The van der Waals surface area contributed by atoms with Crippen molar-refractivity contribution in [1.82, 2.24) is 0 Å². The van der Waals surface area contributed by atoms with Crippen LogP contribution in [-0.2, 0) is 0 Å². The Hall–Kier alpha value is -0.300. The number of hydrogen-bond donors (Lipinski definition) is 0. The SMILES string of the molecule is O=C(CBr)c1cccc(Br)c1.O=C(CBr)c1cccc(Br)c1. The molecule has 0 aliphatic carbocycles. The van der Waals surface area contributed by atoms with E-state index in [0.29, 0.717) is 10.7 Å². The first-order valence-electron chi connectivity index (χ1n) is 6.17. The third-order valence-electron chi connectivity index (χ3n) is 2.54. The lowest BCUT2D eigenvalue weighted by Crippen LogP contribution is -1.98. The number of hydrogen-bond acceptors (Lipinski definition) is 2. The molecule has 22 heavy (non-hydrogen) atoms. The first kappa shape index (κ1) is 19.7. The normalized spacial score (nSPS) is 9.64. The fraction of sp³-hybridized carbons (Fsp3) is 0.125. The molecule has 0 radical (unpaired) electrons. The largest absolute Gasteiger partial charge is 0.293 e. The molecule has 0 aliphatic rings. The van der Waals surface area contributed by atoms with Gasteiger partial charge in [-0.15, -0.1) is 0 Å². The fourth-order valence-electron chi connectivity index (χ4n) is 1.48. The smallest absolute Gasteiger partial charge is 0.173 e. The van der Waals surface area contributed by atoms with Crippen LogP contribution in [0.15, 0.2) is 57.5 Å². The molecule has 0 heterocycles. The van der Waals surface area contributed by atoms with Crippen molar-refractivity contribution in [2.75, 3.05) is 10.7 Å². The Morgan fingerprint density at radius 3 is 1.36 bits per heavy atom. The number of alkyl halides is 2. The molecule has 0 saturated heterocycles. The van der Waals surface area contributed by atoms with Crippen molar-refractivity contribution in [2.45, 2.75) is 0 Å². The fourth-order valence-corrected chi connectivity index (χ4v) is 2.92. The van der Waals surface area contributed by atoms with Crippen LogP contribution in [0.4, 0.5) is 0 Å². The summed E-state index contributed by atoms with van der Waals surface area (Å²) in [5.74, 6) is 0.206. The van der Waals surface area contributed by atoms with Crippen LogP contribution in [0.1, 0.15) is 20.7 Å². The lowest BCUT2D eigenvalue weighted by molar-refractivity contribution is 0.101. The molecule has 0 amide bonds. The molecule has 0 atom stereocenters. The predicted octanol–water partition coefficient (Wildman–Crippen LogP) is 6.05. The molecule has 0 aromatic heterocycles. The van der Waals surface area contributed by atoms with E-state index in [-0.39, 0.29) is 11.6 Å². The summed E-state index contributed by atoms with van der Waals surface area (Å²) in [6.45, 7) is 0. The highest BCUT2D eigenvalue weighted by Gasteiger charge is 2.03. The number of carbonyl (C=O) groups excluding carboxylic acids is 2. The van der Waals surface area contributed by atoms with Crippen LogP contribution in [0.2, 0.25) is 0 Å². The van der Waals surface area contributed by atoms with Crippen molar-refractivity contribution in [1.29, 1.82) is 0 Å². The quantitative estimate of drug-likeness (QED) is 0.340. The molecule has 116 valence electrons. The zero-order valence-corrected chi connectivity index (χ0v) is 17.7. The van der Waals surface area contributed by atoms with Gasteiger partial charge >= 0.3 is 0 Å². The second kappa shape index (κ2) is 10.5. The molecule has 0 N–H and O–H groups in total. The summed E-state index contributed by atoms with van der Waals surface area (Å²) in [4.78, 5) is 22.2. The van der Waals surface area contributed by atoms with Crippen molar-refractivity contribution in [3.63, 3.8) is 0 Å². The Bertz CT molecular complexity index is 599. The average Bonchev–Trinajstić information content (AvgIpc) is 2.54. The third-order valence-corrected chi connectivity index (χ3v) is 4.54. The maximum Gasteiger partial charge on any atom is 0.173 e. The van der Waals surface area contributed by atoms with E-state index in [1.54, 1.807) is 12.1 Å². The van der Waals surface area contributed by atoms with E-state index in [1.807, 2.05) is 36.4 Å². The molecule has 0 aliphatic heterocycles. The molecule has 2 nitrogen and oxygen atoms in total. The molecular weight excluding hydrogens is 544 g/mol. The monoisotopic (exact) mass is 552 g/mol. The van der Waals surface area contributed by atoms with Crippen molar-refractivity contribution < 1.29 is 9.59 Å². The summed E-state index contributed by atoms with van der Waals surface area (Å²) in [7, 11) is 0.